The van der Waals surface area contributed by atoms with Crippen molar-refractivity contribution in [3.63, 3.8) is 0 Å². The average Bonchev–Trinajstić information content (AvgIpc) is 2.70. The smallest absolute Gasteiger partial charge is 0.417 e. The normalized spacial score (nSPS) is 16.5. The SMILES string of the molecule is CN(CCO)C1=NC(=O)C(N(C)C(=O)OCc2ccccc2)CN1C(=O)OC(C)(C)C. The minimum absolute atomic E-state index is 0.0501. The van der Waals surface area contributed by atoms with Crippen molar-refractivity contribution < 1.29 is 29.0 Å². The van der Waals surface area contributed by atoms with Crippen molar-refractivity contribution in [1.82, 2.24) is 14.7 Å². The number of ether oxygens (including phenoxy) is 2. The highest BCUT2D eigenvalue weighted by Gasteiger charge is 2.40. The lowest BCUT2D eigenvalue weighted by Crippen LogP contribution is -2.59. The summed E-state index contributed by atoms with van der Waals surface area (Å²) in [7, 11) is 3.01. The number of guanidine groups is 1. The molecule has 1 aromatic carbocycles. The fraction of sp³-hybridized carbons (Fsp3) is 0.524. The second-order valence-electron chi connectivity index (χ2n) is 8.15. The highest BCUT2D eigenvalue weighted by Crippen LogP contribution is 2.18. The quantitative estimate of drug-likeness (QED) is 0.750. The molecule has 0 fully saturated rings. The van der Waals surface area contributed by atoms with E-state index in [0.717, 1.165) is 10.5 Å². The van der Waals surface area contributed by atoms with E-state index in [4.69, 9.17) is 9.47 Å². The first-order chi connectivity index (χ1) is 14.5. The molecule has 0 aliphatic carbocycles. The van der Waals surface area contributed by atoms with Crippen LogP contribution in [0.15, 0.2) is 35.3 Å². The first-order valence-corrected chi connectivity index (χ1v) is 9.92. The molecule has 0 radical (unpaired) electrons. The Labute approximate surface area is 182 Å². The molecule has 1 unspecified atom stereocenters. The monoisotopic (exact) mass is 434 g/mol. The predicted molar refractivity (Wildman–Crippen MR) is 113 cm³/mol. The van der Waals surface area contributed by atoms with Crippen molar-refractivity contribution >= 4 is 24.1 Å². The summed E-state index contributed by atoms with van der Waals surface area (Å²) in [4.78, 5) is 45.8. The summed E-state index contributed by atoms with van der Waals surface area (Å²) < 4.78 is 10.7. The van der Waals surface area contributed by atoms with Crippen LogP contribution in [0.4, 0.5) is 9.59 Å². The molecule has 1 atom stereocenters. The zero-order valence-electron chi connectivity index (χ0n) is 18.6. The lowest BCUT2D eigenvalue weighted by atomic mass is 10.2. The molecule has 3 amide bonds. The van der Waals surface area contributed by atoms with Crippen molar-refractivity contribution in [2.24, 2.45) is 4.99 Å². The van der Waals surface area contributed by atoms with Gasteiger partial charge in [0.2, 0.25) is 5.96 Å². The molecular formula is C21H30N4O6. The van der Waals surface area contributed by atoms with Gasteiger partial charge in [-0.3, -0.25) is 9.69 Å². The van der Waals surface area contributed by atoms with E-state index in [1.54, 1.807) is 27.8 Å². The Morgan fingerprint density at radius 2 is 1.87 bits per heavy atom. The van der Waals surface area contributed by atoms with E-state index in [-0.39, 0.29) is 32.3 Å². The van der Waals surface area contributed by atoms with Gasteiger partial charge in [0.25, 0.3) is 5.91 Å². The van der Waals surface area contributed by atoms with Gasteiger partial charge in [0.15, 0.2) is 0 Å². The van der Waals surface area contributed by atoms with Crippen LogP contribution >= 0.6 is 0 Å². The first kappa shape index (κ1) is 24.1. The first-order valence-electron chi connectivity index (χ1n) is 9.92. The maximum absolute atomic E-state index is 12.8. The van der Waals surface area contributed by atoms with Gasteiger partial charge in [0.05, 0.1) is 13.2 Å². The lowest BCUT2D eigenvalue weighted by molar-refractivity contribution is -0.123. The van der Waals surface area contributed by atoms with Crippen LogP contribution in [-0.4, -0.2) is 89.3 Å². The van der Waals surface area contributed by atoms with Gasteiger partial charge in [-0.1, -0.05) is 30.3 Å². The van der Waals surface area contributed by atoms with Gasteiger partial charge in [-0.05, 0) is 26.3 Å². The van der Waals surface area contributed by atoms with E-state index in [2.05, 4.69) is 4.99 Å². The molecule has 1 aliphatic heterocycles. The van der Waals surface area contributed by atoms with E-state index >= 15 is 0 Å². The predicted octanol–water partition coefficient (Wildman–Crippen LogP) is 1.68. The number of likely N-dealkylation sites (N-methyl/N-ethyl adjacent to an activating group) is 2. The Morgan fingerprint density at radius 3 is 2.45 bits per heavy atom. The Hall–Kier alpha value is -3.14. The van der Waals surface area contributed by atoms with Crippen LogP contribution in [0.1, 0.15) is 26.3 Å². The summed E-state index contributed by atoms with van der Waals surface area (Å²) in [5.41, 5.74) is 0.0374. The Morgan fingerprint density at radius 1 is 1.23 bits per heavy atom. The summed E-state index contributed by atoms with van der Waals surface area (Å²) in [6, 6.07) is 8.10. The van der Waals surface area contributed by atoms with Gasteiger partial charge >= 0.3 is 12.2 Å². The number of aliphatic imine (C=N–C) groups is 1. The van der Waals surface area contributed by atoms with Crippen molar-refractivity contribution in [2.75, 3.05) is 33.8 Å². The molecule has 1 aliphatic rings. The maximum atomic E-state index is 12.8. The van der Waals surface area contributed by atoms with Crippen LogP contribution < -0.4 is 0 Å². The summed E-state index contributed by atoms with van der Waals surface area (Å²) in [6.07, 6.45) is -1.42. The fourth-order valence-corrected chi connectivity index (χ4v) is 2.82. The van der Waals surface area contributed by atoms with Gasteiger partial charge in [-0.15, -0.1) is 0 Å². The van der Waals surface area contributed by atoms with Crippen LogP contribution in [0.25, 0.3) is 0 Å². The van der Waals surface area contributed by atoms with Crippen molar-refractivity contribution in [3.8, 4) is 0 Å². The van der Waals surface area contributed by atoms with E-state index < -0.39 is 29.7 Å². The van der Waals surface area contributed by atoms with E-state index in [9.17, 15) is 19.5 Å². The van der Waals surface area contributed by atoms with Crippen LogP contribution in [-0.2, 0) is 20.9 Å². The highest BCUT2D eigenvalue weighted by molar-refractivity contribution is 6.05. The fourth-order valence-electron chi connectivity index (χ4n) is 2.82. The summed E-state index contributed by atoms with van der Waals surface area (Å²) in [6.45, 7) is 5.02. The topological polar surface area (TPSA) is 112 Å². The summed E-state index contributed by atoms with van der Waals surface area (Å²) in [5.74, 6) is -0.547. The number of benzene rings is 1. The number of hydrogen-bond donors (Lipinski definition) is 1. The molecule has 2 rings (SSSR count). The lowest BCUT2D eigenvalue weighted by Gasteiger charge is -2.38. The van der Waals surface area contributed by atoms with Gasteiger partial charge < -0.3 is 19.5 Å². The zero-order chi connectivity index (χ0) is 23.2. The number of carbonyl (C=O) groups is 3. The molecule has 0 saturated carbocycles. The second kappa shape index (κ2) is 10.3. The van der Waals surface area contributed by atoms with E-state index in [1.165, 1.54) is 16.8 Å². The molecule has 31 heavy (non-hydrogen) atoms. The van der Waals surface area contributed by atoms with Gasteiger partial charge in [-0.25, -0.2) is 14.5 Å². The standard InChI is InChI=1S/C21H30N4O6/c1-21(2,3)31-20(29)25-13-16(17(27)22-18(25)23(4)11-12-26)24(5)19(28)30-14-15-9-7-6-8-10-15/h6-10,16,26H,11-14H2,1-5H3. The zero-order valence-corrected chi connectivity index (χ0v) is 18.6. The van der Waals surface area contributed by atoms with Gasteiger partial charge in [0.1, 0.15) is 18.2 Å². The van der Waals surface area contributed by atoms with Crippen LogP contribution in [0, 0.1) is 0 Å². The third-order valence-electron chi connectivity index (χ3n) is 4.44. The molecule has 0 aromatic heterocycles. The van der Waals surface area contributed by atoms with Crippen molar-refractivity contribution in [1.29, 1.82) is 0 Å². The number of carbonyl (C=O) groups excluding carboxylic acids is 3. The molecule has 0 spiro atoms. The number of aliphatic hydroxyl groups is 1. The third kappa shape index (κ3) is 6.68. The number of rotatable bonds is 5. The third-order valence-corrected chi connectivity index (χ3v) is 4.44. The van der Waals surface area contributed by atoms with Crippen molar-refractivity contribution in [3.05, 3.63) is 35.9 Å². The number of aliphatic hydroxyl groups excluding tert-OH is 1. The molecule has 10 heteroatoms. The Balaban J connectivity index is 2.18. The number of nitrogens with zero attached hydrogens (tertiary/aromatic N) is 4. The minimum atomic E-state index is -1.04. The molecule has 10 nitrogen and oxygen atoms in total. The van der Waals surface area contributed by atoms with Crippen LogP contribution in [0.2, 0.25) is 0 Å². The molecule has 1 aromatic rings. The molecule has 1 N–H and O–H groups in total. The van der Waals surface area contributed by atoms with Crippen molar-refractivity contribution in [2.45, 2.75) is 39.0 Å². The Kier molecular flexibility index (Phi) is 7.98. The van der Waals surface area contributed by atoms with Crippen LogP contribution in [0.3, 0.4) is 0 Å². The summed E-state index contributed by atoms with van der Waals surface area (Å²) in [5, 5.41) is 9.22. The molecule has 1 heterocycles. The largest absolute Gasteiger partial charge is 0.445 e. The highest BCUT2D eigenvalue weighted by atomic mass is 16.6. The van der Waals surface area contributed by atoms with E-state index in [1.807, 2.05) is 30.3 Å². The molecule has 0 saturated heterocycles. The second-order valence-corrected chi connectivity index (χ2v) is 8.15. The Bertz CT molecular complexity index is 821. The van der Waals surface area contributed by atoms with E-state index in [0.29, 0.717) is 0 Å². The van der Waals surface area contributed by atoms with Gasteiger partial charge in [-0.2, -0.15) is 4.99 Å². The van der Waals surface area contributed by atoms with Crippen LogP contribution in [0.5, 0.6) is 0 Å². The summed E-state index contributed by atoms with van der Waals surface area (Å²) >= 11 is 0. The molecular weight excluding hydrogens is 404 g/mol. The van der Waals surface area contributed by atoms with Gasteiger partial charge in [0, 0.05) is 20.6 Å². The molecule has 0 bridgehead atoms. The molecule has 170 valence electrons. The maximum Gasteiger partial charge on any atom is 0.417 e. The number of hydrogen-bond acceptors (Lipinski definition) is 7. The minimum Gasteiger partial charge on any atom is -0.445 e. The average molecular weight is 434 g/mol. The number of amides is 3.